The van der Waals surface area contributed by atoms with Crippen molar-refractivity contribution in [1.29, 1.82) is 0 Å². The number of nitrogens with one attached hydrogen (secondary N) is 1. The Hall–Kier alpha value is -0.830. The van der Waals surface area contributed by atoms with E-state index in [1.165, 1.54) is 32.1 Å². The molecule has 1 rings (SSSR count). The van der Waals surface area contributed by atoms with Gasteiger partial charge in [0.05, 0.1) is 12.0 Å². The van der Waals surface area contributed by atoms with Gasteiger partial charge in [0.25, 0.3) is 0 Å². The van der Waals surface area contributed by atoms with Crippen LogP contribution in [0.4, 0.5) is 0 Å². The average molecular weight is 251 g/mol. The Labute approximate surface area is 112 Å². The minimum Gasteiger partial charge on any atom is -0.337 e. The van der Waals surface area contributed by atoms with E-state index in [1.807, 2.05) is 6.33 Å². The second kappa shape index (κ2) is 9.15. The van der Waals surface area contributed by atoms with Gasteiger partial charge in [0.2, 0.25) is 0 Å². The van der Waals surface area contributed by atoms with Gasteiger partial charge in [-0.05, 0) is 18.9 Å². The highest BCUT2D eigenvalue weighted by molar-refractivity contribution is 4.96. The van der Waals surface area contributed by atoms with E-state index in [2.05, 4.69) is 41.8 Å². The first-order chi connectivity index (χ1) is 8.72. The third-order valence-corrected chi connectivity index (χ3v) is 3.07. The predicted octanol–water partition coefficient (Wildman–Crippen LogP) is 3.60. The summed E-state index contributed by atoms with van der Waals surface area (Å²) in [5.41, 5.74) is 1.16. The molecule has 0 bridgehead atoms. The molecule has 0 aliphatic heterocycles. The number of hydrogen-bond acceptors (Lipinski definition) is 2. The van der Waals surface area contributed by atoms with Gasteiger partial charge < -0.3 is 9.88 Å². The lowest BCUT2D eigenvalue weighted by atomic mass is 10.1. The van der Waals surface area contributed by atoms with Gasteiger partial charge in [-0.15, -0.1) is 0 Å². The van der Waals surface area contributed by atoms with Gasteiger partial charge in [-0.3, -0.25) is 0 Å². The first kappa shape index (κ1) is 15.2. The maximum absolute atomic E-state index is 4.43. The van der Waals surface area contributed by atoms with Crippen molar-refractivity contribution < 1.29 is 0 Å². The van der Waals surface area contributed by atoms with Crippen LogP contribution in [-0.4, -0.2) is 16.1 Å². The lowest BCUT2D eigenvalue weighted by Gasteiger charge is -2.05. The topological polar surface area (TPSA) is 29.9 Å². The number of hydrogen-bond donors (Lipinski definition) is 1. The lowest BCUT2D eigenvalue weighted by Crippen LogP contribution is -2.19. The summed E-state index contributed by atoms with van der Waals surface area (Å²) in [6.07, 6.45) is 10.8. The number of nitrogens with zero attached hydrogens (tertiary/aromatic N) is 2. The van der Waals surface area contributed by atoms with Crippen LogP contribution in [0.2, 0.25) is 0 Å². The van der Waals surface area contributed by atoms with Gasteiger partial charge in [-0.2, -0.15) is 0 Å². The van der Waals surface area contributed by atoms with Crippen LogP contribution in [0.25, 0.3) is 0 Å². The molecule has 1 heterocycles. The fourth-order valence-corrected chi connectivity index (χ4v) is 2.01. The number of aryl methyl sites for hydroxylation is 1. The molecule has 0 spiro atoms. The Bertz CT molecular complexity index is 304. The van der Waals surface area contributed by atoms with E-state index in [0.29, 0.717) is 5.92 Å². The third-order valence-electron chi connectivity index (χ3n) is 3.07. The molecule has 3 heteroatoms. The summed E-state index contributed by atoms with van der Waals surface area (Å²) in [7, 11) is 0. The van der Waals surface area contributed by atoms with Crippen LogP contribution in [0.3, 0.4) is 0 Å². The maximum Gasteiger partial charge on any atom is 0.0949 e. The van der Waals surface area contributed by atoms with Gasteiger partial charge in [-0.1, -0.05) is 46.5 Å². The molecule has 0 aliphatic rings. The molecular formula is C15H29N3. The molecule has 0 fully saturated rings. The quantitative estimate of drug-likeness (QED) is 0.644. The zero-order valence-corrected chi connectivity index (χ0v) is 12.3. The zero-order chi connectivity index (χ0) is 13.2. The predicted molar refractivity (Wildman–Crippen MR) is 77.5 cm³/mol. The van der Waals surface area contributed by atoms with Crippen LogP contribution in [-0.2, 0) is 13.1 Å². The SMILES string of the molecule is CCCCCCCn1cnc(CNCC(C)C)c1. The molecule has 1 aromatic rings. The van der Waals surface area contributed by atoms with Crippen LogP contribution < -0.4 is 5.32 Å². The zero-order valence-electron chi connectivity index (χ0n) is 12.3. The minimum absolute atomic E-state index is 0.700. The first-order valence-electron chi connectivity index (χ1n) is 7.43. The normalized spacial score (nSPS) is 11.3. The number of unbranched alkanes of at least 4 members (excludes halogenated alkanes) is 4. The molecule has 3 nitrogen and oxygen atoms in total. The van der Waals surface area contributed by atoms with Crippen LogP contribution in [0.5, 0.6) is 0 Å². The molecule has 104 valence electrons. The molecule has 0 unspecified atom stereocenters. The Kier molecular flexibility index (Phi) is 7.74. The molecule has 0 saturated heterocycles. The van der Waals surface area contributed by atoms with Crippen molar-refractivity contribution in [3.63, 3.8) is 0 Å². The molecule has 1 N–H and O–H groups in total. The largest absolute Gasteiger partial charge is 0.337 e. The van der Waals surface area contributed by atoms with Gasteiger partial charge in [0.15, 0.2) is 0 Å². The van der Waals surface area contributed by atoms with Gasteiger partial charge >= 0.3 is 0 Å². The van der Waals surface area contributed by atoms with Crippen molar-refractivity contribution >= 4 is 0 Å². The number of imidazole rings is 1. The van der Waals surface area contributed by atoms with Crippen molar-refractivity contribution in [2.24, 2.45) is 5.92 Å². The molecule has 0 amide bonds. The van der Waals surface area contributed by atoms with Gasteiger partial charge in [-0.25, -0.2) is 4.98 Å². The molecule has 1 aromatic heterocycles. The van der Waals surface area contributed by atoms with Crippen LogP contribution in [0.15, 0.2) is 12.5 Å². The highest BCUT2D eigenvalue weighted by Gasteiger charge is 1.99. The summed E-state index contributed by atoms with van der Waals surface area (Å²) in [6, 6.07) is 0. The van der Waals surface area contributed by atoms with Crippen molar-refractivity contribution in [3.05, 3.63) is 18.2 Å². The summed E-state index contributed by atoms with van der Waals surface area (Å²) in [4.78, 5) is 4.43. The van der Waals surface area contributed by atoms with E-state index >= 15 is 0 Å². The summed E-state index contributed by atoms with van der Waals surface area (Å²) >= 11 is 0. The second-order valence-electron chi connectivity index (χ2n) is 5.54. The van der Waals surface area contributed by atoms with Crippen LogP contribution >= 0.6 is 0 Å². The van der Waals surface area contributed by atoms with E-state index in [4.69, 9.17) is 0 Å². The Morgan fingerprint density at radius 1 is 1.22 bits per heavy atom. The highest BCUT2D eigenvalue weighted by atomic mass is 15.0. The lowest BCUT2D eigenvalue weighted by molar-refractivity contribution is 0.547. The molecule has 0 saturated carbocycles. The Balaban J connectivity index is 2.13. The number of rotatable bonds is 10. The standard InChI is InChI=1S/C15H29N3/c1-4-5-6-7-8-9-18-12-15(17-13-18)11-16-10-14(2)3/h12-14,16H,4-11H2,1-3H3. The van der Waals surface area contributed by atoms with Crippen molar-refractivity contribution in [2.75, 3.05) is 6.54 Å². The fraction of sp³-hybridized carbons (Fsp3) is 0.800. The summed E-state index contributed by atoms with van der Waals surface area (Å²) in [6.45, 7) is 9.77. The summed E-state index contributed by atoms with van der Waals surface area (Å²) < 4.78 is 2.22. The molecule has 0 aromatic carbocycles. The van der Waals surface area contributed by atoms with Gasteiger partial charge in [0.1, 0.15) is 0 Å². The minimum atomic E-state index is 0.700. The Morgan fingerprint density at radius 3 is 2.72 bits per heavy atom. The molecule has 18 heavy (non-hydrogen) atoms. The van der Waals surface area contributed by atoms with Crippen molar-refractivity contribution in [1.82, 2.24) is 14.9 Å². The van der Waals surface area contributed by atoms with Crippen LogP contribution in [0, 0.1) is 5.92 Å². The molecule has 0 radical (unpaired) electrons. The second-order valence-corrected chi connectivity index (χ2v) is 5.54. The summed E-state index contributed by atoms with van der Waals surface area (Å²) in [5.74, 6) is 0.700. The maximum atomic E-state index is 4.43. The van der Waals surface area contributed by atoms with E-state index in [0.717, 1.165) is 25.3 Å². The van der Waals surface area contributed by atoms with E-state index in [9.17, 15) is 0 Å². The average Bonchev–Trinajstić information content (AvgIpc) is 2.76. The van der Waals surface area contributed by atoms with E-state index in [1.54, 1.807) is 0 Å². The first-order valence-corrected chi connectivity index (χ1v) is 7.43. The summed E-state index contributed by atoms with van der Waals surface area (Å²) in [5, 5.41) is 3.42. The van der Waals surface area contributed by atoms with Gasteiger partial charge in [0, 0.05) is 19.3 Å². The fourth-order valence-electron chi connectivity index (χ4n) is 2.01. The third kappa shape index (κ3) is 6.80. The van der Waals surface area contributed by atoms with E-state index in [-0.39, 0.29) is 0 Å². The van der Waals surface area contributed by atoms with Crippen molar-refractivity contribution in [2.45, 2.75) is 66.0 Å². The monoisotopic (exact) mass is 251 g/mol. The smallest absolute Gasteiger partial charge is 0.0949 e. The molecule has 0 aliphatic carbocycles. The number of aromatic nitrogens is 2. The Morgan fingerprint density at radius 2 is 2.00 bits per heavy atom. The molecular weight excluding hydrogens is 222 g/mol. The van der Waals surface area contributed by atoms with E-state index < -0.39 is 0 Å². The van der Waals surface area contributed by atoms with Crippen molar-refractivity contribution in [3.8, 4) is 0 Å². The van der Waals surface area contributed by atoms with Crippen LogP contribution in [0.1, 0.15) is 58.6 Å². The molecule has 0 atom stereocenters. The highest BCUT2D eigenvalue weighted by Crippen LogP contribution is 2.05.